The molecule has 0 aromatic carbocycles. The molecule has 10 heavy (non-hydrogen) atoms. The van der Waals surface area contributed by atoms with E-state index in [-0.39, 0.29) is 13.2 Å². The average molecular weight is 145 g/mol. The summed E-state index contributed by atoms with van der Waals surface area (Å²) in [4.78, 5) is 20.3. The SMILES string of the molecule is CCOC(=O)NCC([NH])=O. The molecule has 0 fully saturated rings. The van der Waals surface area contributed by atoms with Gasteiger partial charge in [-0.15, -0.1) is 0 Å². The van der Waals surface area contributed by atoms with Crippen molar-refractivity contribution in [2.75, 3.05) is 13.2 Å². The zero-order chi connectivity index (χ0) is 7.98. The second-order valence-corrected chi connectivity index (χ2v) is 1.50. The molecule has 2 amide bonds. The molecule has 2 N–H and O–H groups in total. The van der Waals surface area contributed by atoms with Crippen LogP contribution in [0, 0.1) is 0 Å². The topological polar surface area (TPSA) is 79.2 Å². The molecule has 0 bridgehead atoms. The maximum atomic E-state index is 10.4. The van der Waals surface area contributed by atoms with Crippen LogP contribution in [0.15, 0.2) is 0 Å². The Morgan fingerprint density at radius 1 is 1.60 bits per heavy atom. The summed E-state index contributed by atoms with van der Waals surface area (Å²) in [5.74, 6) is -0.840. The van der Waals surface area contributed by atoms with Gasteiger partial charge in [0.1, 0.15) is 6.54 Å². The summed E-state index contributed by atoms with van der Waals surface area (Å²) in [6, 6.07) is 0. The van der Waals surface area contributed by atoms with Crippen molar-refractivity contribution in [3.63, 3.8) is 0 Å². The molecule has 0 atom stereocenters. The van der Waals surface area contributed by atoms with Crippen LogP contribution in [-0.2, 0) is 9.53 Å². The third-order valence-corrected chi connectivity index (χ3v) is 0.669. The summed E-state index contributed by atoms with van der Waals surface area (Å²) in [7, 11) is 0. The number of ether oxygens (including phenoxy) is 1. The zero-order valence-corrected chi connectivity index (χ0v) is 5.64. The Hall–Kier alpha value is -1.26. The van der Waals surface area contributed by atoms with Crippen molar-refractivity contribution in [3.05, 3.63) is 0 Å². The highest BCUT2D eigenvalue weighted by atomic mass is 16.5. The van der Waals surface area contributed by atoms with E-state index in [1.54, 1.807) is 6.92 Å². The van der Waals surface area contributed by atoms with Crippen molar-refractivity contribution in [1.29, 1.82) is 0 Å². The molecule has 0 aliphatic carbocycles. The van der Waals surface area contributed by atoms with E-state index in [1.165, 1.54) is 0 Å². The number of amides is 2. The van der Waals surface area contributed by atoms with Crippen LogP contribution in [0.2, 0.25) is 0 Å². The third-order valence-electron chi connectivity index (χ3n) is 0.669. The molecule has 0 saturated heterocycles. The van der Waals surface area contributed by atoms with Gasteiger partial charge < -0.3 is 10.1 Å². The van der Waals surface area contributed by atoms with Gasteiger partial charge in [-0.1, -0.05) is 0 Å². The molecule has 0 unspecified atom stereocenters. The molecule has 0 spiro atoms. The molecule has 0 saturated carbocycles. The first kappa shape index (κ1) is 8.74. The molecule has 0 aliphatic heterocycles. The number of alkyl carbamates (subject to hydrolysis) is 1. The van der Waals surface area contributed by atoms with E-state index >= 15 is 0 Å². The minimum absolute atomic E-state index is 0.262. The molecule has 0 heterocycles. The average Bonchev–Trinajstić information content (AvgIpc) is 1.85. The van der Waals surface area contributed by atoms with Crippen molar-refractivity contribution in [2.24, 2.45) is 0 Å². The van der Waals surface area contributed by atoms with Gasteiger partial charge in [-0.2, -0.15) is 0 Å². The maximum absolute atomic E-state index is 10.4. The first-order valence-electron chi connectivity index (χ1n) is 2.82. The van der Waals surface area contributed by atoms with Crippen LogP contribution in [0.1, 0.15) is 6.92 Å². The quantitative estimate of drug-likeness (QED) is 0.583. The van der Waals surface area contributed by atoms with Crippen molar-refractivity contribution in [2.45, 2.75) is 6.92 Å². The number of carbonyl (C=O) groups is 2. The predicted octanol–water partition coefficient (Wildman–Crippen LogP) is -0.458. The van der Waals surface area contributed by atoms with Crippen LogP contribution in [0.25, 0.3) is 0 Å². The van der Waals surface area contributed by atoms with E-state index in [2.05, 4.69) is 10.1 Å². The van der Waals surface area contributed by atoms with Gasteiger partial charge in [0.2, 0.25) is 0 Å². The molecule has 1 radical (unpaired) electrons. The van der Waals surface area contributed by atoms with Crippen LogP contribution >= 0.6 is 0 Å². The van der Waals surface area contributed by atoms with E-state index in [0.29, 0.717) is 0 Å². The zero-order valence-electron chi connectivity index (χ0n) is 5.64. The first-order valence-corrected chi connectivity index (χ1v) is 2.82. The lowest BCUT2D eigenvalue weighted by molar-refractivity contribution is -0.117. The molecule has 0 aliphatic rings. The number of nitrogens with one attached hydrogen (secondary N) is 2. The van der Waals surface area contributed by atoms with E-state index in [0.717, 1.165) is 0 Å². The van der Waals surface area contributed by atoms with Crippen LogP contribution in [-0.4, -0.2) is 25.2 Å². The van der Waals surface area contributed by atoms with E-state index < -0.39 is 12.0 Å². The number of hydrogen-bond acceptors (Lipinski definition) is 3. The molecule has 0 aromatic rings. The minimum Gasteiger partial charge on any atom is -0.450 e. The number of carbonyl (C=O) groups excluding carboxylic acids is 2. The standard InChI is InChI=1S/C5H9N2O3/c1-2-10-5(9)7-3-4(6)8/h6H,2-3H2,1H3,(H,7,9). The van der Waals surface area contributed by atoms with Crippen LogP contribution < -0.4 is 11.1 Å². The lowest BCUT2D eigenvalue weighted by atomic mass is 10.6. The normalized spacial score (nSPS) is 8.50. The van der Waals surface area contributed by atoms with Crippen LogP contribution in [0.5, 0.6) is 0 Å². The number of hydrogen-bond donors (Lipinski definition) is 1. The molecule has 0 rings (SSSR count). The van der Waals surface area contributed by atoms with Crippen molar-refractivity contribution < 1.29 is 14.3 Å². The highest BCUT2D eigenvalue weighted by Gasteiger charge is 2.00. The van der Waals surface area contributed by atoms with Gasteiger partial charge in [0.25, 0.3) is 5.91 Å². The Balaban J connectivity index is 3.30. The van der Waals surface area contributed by atoms with Gasteiger partial charge in [-0.05, 0) is 6.92 Å². The summed E-state index contributed by atoms with van der Waals surface area (Å²) in [5, 5.41) is 2.08. The van der Waals surface area contributed by atoms with Crippen molar-refractivity contribution in [1.82, 2.24) is 11.1 Å². The fourth-order valence-electron chi connectivity index (χ4n) is 0.335. The van der Waals surface area contributed by atoms with Gasteiger partial charge >= 0.3 is 6.09 Å². The van der Waals surface area contributed by atoms with Crippen molar-refractivity contribution >= 4 is 12.0 Å². The molecule has 5 nitrogen and oxygen atoms in total. The monoisotopic (exact) mass is 145 g/mol. The van der Waals surface area contributed by atoms with Gasteiger partial charge in [-0.3, -0.25) is 10.5 Å². The summed E-state index contributed by atoms with van der Waals surface area (Å²) >= 11 is 0. The lowest BCUT2D eigenvalue weighted by Crippen LogP contribution is -2.30. The molecular weight excluding hydrogens is 136 g/mol. The summed E-state index contributed by atoms with van der Waals surface area (Å²) in [6.07, 6.45) is -0.664. The van der Waals surface area contributed by atoms with Crippen LogP contribution in [0.3, 0.4) is 0 Å². The smallest absolute Gasteiger partial charge is 0.407 e. The second kappa shape index (κ2) is 4.60. The minimum atomic E-state index is -0.840. The number of rotatable bonds is 3. The second-order valence-electron chi connectivity index (χ2n) is 1.50. The molecule has 57 valence electrons. The molecular formula is C5H9N2O3. The van der Waals surface area contributed by atoms with Gasteiger partial charge in [0, 0.05) is 0 Å². The Morgan fingerprint density at radius 3 is 2.60 bits per heavy atom. The Labute approximate surface area is 58.5 Å². The summed E-state index contributed by atoms with van der Waals surface area (Å²) in [6.45, 7) is 1.62. The van der Waals surface area contributed by atoms with Crippen molar-refractivity contribution in [3.8, 4) is 0 Å². The van der Waals surface area contributed by atoms with Crippen LogP contribution in [0.4, 0.5) is 4.79 Å². The molecule has 0 aromatic heterocycles. The fraction of sp³-hybridized carbons (Fsp3) is 0.600. The summed E-state index contributed by atoms with van der Waals surface area (Å²) in [5.41, 5.74) is 6.39. The predicted molar refractivity (Wildman–Crippen MR) is 33.1 cm³/mol. The lowest BCUT2D eigenvalue weighted by Gasteiger charge is -2.00. The maximum Gasteiger partial charge on any atom is 0.407 e. The first-order chi connectivity index (χ1) is 4.66. The third kappa shape index (κ3) is 4.89. The Morgan fingerprint density at radius 2 is 2.20 bits per heavy atom. The fourth-order valence-corrected chi connectivity index (χ4v) is 0.335. The van der Waals surface area contributed by atoms with E-state index in [1.807, 2.05) is 0 Å². The van der Waals surface area contributed by atoms with Gasteiger partial charge in [-0.25, -0.2) is 4.79 Å². The van der Waals surface area contributed by atoms with E-state index in [9.17, 15) is 9.59 Å². The Bertz CT molecular complexity index is 135. The van der Waals surface area contributed by atoms with Gasteiger partial charge in [0.05, 0.1) is 6.61 Å². The largest absolute Gasteiger partial charge is 0.450 e. The summed E-state index contributed by atoms with van der Waals surface area (Å²) < 4.78 is 4.41. The molecule has 5 heteroatoms. The Kier molecular flexibility index (Phi) is 4.02. The highest BCUT2D eigenvalue weighted by Crippen LogP contribution is 1.73. The highest BCUT2D eigenvalue weighted by molar-refractivity contribution is 5.79. The van der Waals surface area contributed by atoms with E-state index in [4.69, 9.17) is 5.73 Å². The van der Waals surface area contributed by atoms with Gasteiger partial charge in [0.15, 0.2) is 0 Å².